The maximum Gasteiger partial charge on any atom is 0.257 e. The van der Waals surface area contributed by atoms with E-state index in [-0.39, 0.29) is 17.7 Å². The smallest absolute Gasteiger partial charge is 0.257 e. The number of furan rings is 1. The fourth-order valence-electron chi connectivity index (χ4n) is 2.92. The van der Waals surface area contributed by atoms with E-state index < -0.39 is 9.84 Å². The Hall–Kier alpha value is -1.34. The van der Waals surface area contributed by atoms with Gasteiger partial charge in [0.25, 0.3) is 5.91 Å². The number of amides is 1. The third-order valence-electron chi connectivity index (χ3n) is 4.09. The normalized spacial score (nSPS) is 26.8. The predicted octanol–water partition coefficient (Wildman–Crippen LogP) is 0.224. The first-order chi connectivity index (χ1) is 9.55. The van der Waals surface area contributed by atoms with Crippen LogP contribution in [0.4, 0.5) is 0 Å². The number of nitrogens with zero attached hydrogens (tertiary/aromatic N) is 2. The van der Waals surface area contributed by atoms with Gasteiger partial charge in [-0.15, -0.1) is 0 Å². The minimum atomic E-state index is -2.84. The molecule has 1 aromatic heterocycles. The summed E-state index contributed by atoms with van der Waals surface area (Å²) in [5, 5.41) is 0. The Morgan fingerprint density at radius 1 is 1.25 bits per heavy atom. The van der Waals surface area contributed by atoms with Gasteiger partial charge in [0.15, 0.2) is 9.84 Å². The summed E-state index contributed by atoms with van der Waals surface area (Å²) in [7, 11) is -2.84. The summed E-state index contributed by atoms with van der Waals surface area (Å²) in [6.07, 6.45) is 3.67. The molecule has 2 saturated heterocycles. The SMILES string of the molecule is O=C(c1ccoc1)N1CCN(C2CCS(=O)(=O)C2)CC1. The molecule has 20 heavy (non-hydrogen) atoms. The highest BCUT2D eigenvalue weighted by Gasteiger charge is 2.34. The van der Waals surface area contributed by atoms with Crippen LogP contribution in [0.5, 0.6) is 0 Å². The average Bonchev–Trinajstić information content (AvgIpc) is 3.07. The first-order valence-electron chi connectivity index (χ1n) is 6.81. The molecule has 2 fully saturated rings. The number of carbonyl (C=O) groups excluding carboxylic acids is 1. The van der Waals surface area contributed by atoms with Gasteiger partial charge in [0.05, 0.1) is 23.3 Å². The summed E-state index contributed by atoms with van der Waals surface area (Å²) in [4.78, 5) is 16.1. The van der Waals surface area contributed by atoms with Crippen molar-refractivity contribution in [2.24, 2.45) is 0 Å². The van der Waals surface area contributed by atoms with Crippen molar-refractivity contribution in [3.63, 3.8) is 0 Å². The molecular weight excluding hydrogens is 280 g/mol. The number of rotatable bonds is 2. The molecule has 0 aromatic carbocycles. The molecule has 2 aliphatic rings. The second kappa shape index (κ2) is 5.21. The lowest BCUT2D eigenvalue weighted by Crippen LogP contribution is -2.52. The van der Waals surface area contributed by atoms with E-state index in [4.69, 9.17) is 4.42 Å². The Morgan fingerprint density at radius 3 is 2.55 bits per heavy atom. The average molecular weight is 298 g/mol. The number of sulfone groups is 1. The number of hydrogen-bond acceptors (Lipinski definition) is 5. The Labute approximate surface area is 118 Å². The molecule has 1 atom stereocenters. The summed E-state index contributed by atoms with van der Waals surface area (Å²) >= 11 is 0. The van der Waals surface area contributed by atoms with Crippen LogP contribution >= 0.6 is 0 Å². The van der Waals surface area contributed by atoms with Gasteiger partial charge >= 0.3 is 0 Å². The molecule has 2 aliphatic heterocycles. The van der Waals surface area contributed by atoms with Crippen LogP contribution in [0.25, 0.3) is 0 Å². The molecule has 0 N–H and O–H groups in total. The first kappa shape index (κ1) is 13.6. The molecule has 0 bridgehead atoms. The molecule has 0 saturated carbocycles. The lowest BCUT2D eigenvalue weighted by Gasteiger charge is -2.37. The van der Waals surface area contributed by atoms with Crippen molar-refractivity contribution in [1.82, 2.24) is 9.80 Å². The molecule has 1 amide bonds. The summed E-state index contributed by atoms with van der Waals surface area (Å²) in [6, 6.07) is 1.80. The number of piperazine rings is 1. The molecule has 0 aliphatic carbocycles. The number of carbonyl (C=O) groups is 1. The highest BCUT2D eigenvalue weighted by Crippen LogP contribution is 2.19. The third-order valence-corrected chi connectivity index (χ3v) is 5.84. The molecule has 3 heterocycles. The van der Waals surface area contributed by atoms with Gasteiger partial charge < -0.3 is 9.32 Å². The van der Waals surface area contributed by atoms with Crippen molar-refractivity contribution in [2.45, 2.75) is 12.5 Å². The quantitative estimate of drug-likeness (QED) is 0.781. The molecule has 110 valence electrons. The second-order valence-corrected chi connectivity index (χ2v) is 7.63. The lowest BCUT2D eigenvalue weighted by molar-refractivity contribution is 0.0587. The zero-order valence-corrected chi connectivity index (χ0v) is 12.0. The van der Waals surface area contributed by atoms with E-state index >= 15 is 0 Å². The molecule has 0 radical (unpaired) electrons. The van der Waals surface area contributed by atoms with Crippen LogP contribution in [0.3, 0.4) is 0 Å². The topological polar surface area (TPSA) is 70.8 Å². The zero-order chi connectivity index (χ0) is 14.2. The van der Waals surface area contributed by atoms with E-state index in [0.29, 0.717) is 24.4 Å². The van der Waals surface area contributed by atoms with Gasteiger partial charge in [-0.3, -0.25) is 9.69 Å². The minimum Gasteiger partial charge on any atom is -0.472 e. The fourth-order valence-corrected chi connectivity index (χ4v) is 4.68. The maximum absolute atomic E-state index is 12.1. The zero-order valence-electron chi connectivity index (χ0n) is 11.2. The highest BCUT2D eigenvalue weighted by atomic mass is 32.2. The van der Waals surface area contributed by atoms with E-state index in [1.165, 1.54) is 12.5 Å². The first-order valence-corrected chi connectivity index (χ1v) is 8.63. The predicted molar refractivity (Wildman–Crippen MR) is 73.2 cm³/mol. The van der Waals surface area contributed by atoms with Gasteiger partial charge in [0, 0.05) is 32.2 Å². The van der Waals surface area contributed by atoms with E-state index in [1.807, 2.05) is 0 Å². The van der Waals surface area contributed by atoms with Crippen LogP contribution in [0.1, 0.15) is 16.8 Å². The van der Waals surface area contributed by atoms with Crippen LogP contribution < -0.4 is 0 Å². The molecule has 7 heteroatoms. The Morgan fingerprint density at radius 2 is 2.00 bits per heavy atom. The van der Waals surface area contributed by atoms with Crippen LogP contribution in [0.2, 0.25) is 0 Å². The third kappa shape index (κ3) is 2.73. The lowest BCUT2D eigenvalue weighted by atomic mass is 10.2. The van der Waals surface area contributed by atoms with Gasteiger partial charge in [-0.05, 0) is 12.5 Å². The maximum atomic E-state index is 12.1. The molecule has 1 unspecified atom stereocenters. The van der Waals surface area contributed by atoms with Gasteiger partial charge in [-0.25, -0.2) is 8.42 Å². The van der Waals surface area contributed by atoms with Crippen molar-refractivity contribution in [2.75, 3.05) is 37.7 Å². The Bertz CT molecular complexity index is 574. The summed E-state index contributed by atoms with van der Waals surface area (Å²) in [5.41, 5.74) is 0.571. The Kier molecular flexibility index (Phi) is 3.55. The molecule has 6 nitrogen and oxygen atoms in total. The molecule has 0 spiro atoms. The molecular formula is C13H18N2O4S. The molecule has 1 aromatic rings. The van der Waals surface area contributed by atoms with Gasteiger partial charge in [0.1, 0.15) is 6.26 Å². The van der Waals surface area contributed by atoms with E-state index in [1.54, 1.807) is 11.0 Å². The second-order valence-electron chi connectivity index (χ2n) is 5.40. The van der Waals surface area contributed by atoms with Gasteiger partial charge in [-0.2, -0.15) is 0 Å². The van der Waals surface area contributed by atoms with Crippen LogP contribution in [0, 0.1) is 0 Å². The van der Waals surface area contributed by atoms with Gasteiger partial charge in [-0.1, -0.05) is 0 Å². The van der Waals surface area contributed by atoms with Crippen molar-refractivity contribution >= 4 is 15.7 Å². The van der Waals surface area contributed by atoms with Crippen LogP contribution in [-0.4, -0.2) is 67.9 Å². The van der Waals surface area contributed by atoms with Crippen molar-refractivity contribution in [3.8, 4) is 0 Å². The van der Waals surface area contributed by atoms with E-state index in [9.17, 15) is 13.2 Å². The Balaban J connectivity index is 1.56. The van der Waals surface area contributed by atoms with Crippen LogP contribution in [0.15, 0.2) is 23.0 Å². The monoisotopic (exact) mass is 298 g/mol. The number of hydrogen-bond donors (Lipinski definition) is 0. The fraction of sp³-hybridized carbons (Fsp3) is 0.615. The van der Waals surface area contributed by atoms with Crippen molar-refractivity contribution < 1.29 is 17.6 Å². The van der Waals surface area contributed by atoms with Crippen molar-refractivity contribution in [3.05, 3.63) is 24.2 Å². The van der Waals surface area contributed by atoms with Gasteiger partial charge in [0.2, 0.25) is 0 Å². The van der Waals surface area contributed by atoms with E-state index in [0.717, 1.165) is 19.5 Å². The highest BCUT2D eigenvalue weighted by molar-refractivity contribution is 7.91. The van der Waals surface area contributed by atoms with Crippen molar-refractivity contribution in [1.29, 1.82) is 0 Å². The summed E-state index contributed by atoms with van der Waals surface area (Å²) in [6.45, 7) is 2.76. The van der Waals surface area contributed by atoms with Crippen LogP contribution in [-0.2, 0) is 9.84 Å². The standard InChI is InChI=1S/C13H18N2O4S/c16-13(11-1-7-19-9-11)15-5-3-14(4-6-15)12-2-8-20(17,18)10-12/h1,7,9,12H,2-6,8,10H2. The summed E-state index contributed by atoms with van der Waals surface area (Å²) < 4.78 is 27.9. The van der Waals surface area contributed by atoms with E-state index in [2.05, 4.69) is 4.90 Å². The largest absolute Gasteiger partial charge is 0.472 e. The minimum absolute atomic E-state index is 0.0163. The summed E-state index contributed by atoms with van der Waals surface area (Å²) in [5.74, 6) is 0.548. The molecule has 3 rings (SSSR count).